The van der Waals surface area contributed by atoms with E-state index >= 15 is 0 Å². The molecule has 2 fully saturated rings. The first kappa shape index (κ1) is 13.7. The maximum Gasteiger partial charge on any atom is 0.325 e. The minimum atomic E-state index is -0.772. The quantitative estimate of drug-likeness (QED) is 0.714. The molecule has 1 aliphatic heterocycles. The lowest BCUT2D eigenvalue weighted by Gasteiger charge is -2.40. The van der Waals surface area contributed by atoms with Gasteiger partial charge in [-0.15, -0.1) is 12.4 Å². The molecule has 2 rings (SSSR count). The highest BCUT2D eigenvalue weighted by Crippen LogP contribution is 2.42. The van der Waals surface area contributed by atoms with E-state index in [1.807, 2.05) is 0 Å². The van der Waals surface area contributed by atoms with Gasteiger partial charge in [-0.3, -0.25) is 4.79 Å². The Hall–Kier alpha value is -0.320. The number of esters is 1. The fraction of sp³-hybridized carbons (Fsp3) is 0.909. The van der Waals surface area contributed by atoms with Crippen LogP contribution in [-0.2, 0) is 14.3 Å². The van der Waals surface area contributed by atoms with Crippen LogP contribution in [-0.4, -0.2) is 30.8 Å². The molecular formula is C11H20ClNO3. The fourth-order valence-corrected chi connectivity index (χ4v) is 2.71. The highest BCUT2D eigenvalue weighted by molar-refractivity contribution is 5.85. The number of hydrogen-bond donors (Lipinski definition) is 1. The Morgan fingerprint density at radius 2 is 1.88 bits per heavy atom. The van der Waals surface area contributed by atoms with Gasteiger partial charge in [-0.05, 0) is 38.5 Å². The molecule has 0 aromatic rings. The summed E-state index contributed by atoms with van der Waals surface area (Å²) in [5.74, 6) is -0.282. The molecule has 0 atom stereocenters. The standard InChI is InChI=1S/C11H19NO3.ClH/c1-14-9(13)11(12)6-4-10(5-7-11)3-2-8-15-10;/h2-8,12H2,1H3;1H. The third kappa shape index (κ3) is 2.34. The van der Waals surface area contributed by atoms with E-state index in [9.17, 15) is 4.79 Å². The van der Waals surface area contributed by atoms with E-state index in [-0.39, 0.29) is 24.0 Å². The van der Waals surface area contributed by atoms with Crippen molar-refractivity contribution in [3.63, 3.8) is 0 Å². The van der Waals surface area contributed by atoms with Crippen molar-refractivity contribution >= 4 is 18.4 Å². The Morgan fingerprint density at radius 3 is 2.31 bits per heavy atom. The number of carbonyl (C=O) groups excluding carboxylic acids is 1. The maximum absolute atomic E-state index is 11.5. The van der Waals surface area contributed by atoms with Crippen molar-refractivity contribution < 1.29 is 14.3 Å². The number of rotatable bonds is 1. The Morgan fingerprint density at radius 1 is 1.25 bits per heavy atom. The first-order valence-electron chi connectivity index (χ1n) is 5.62. The number of carbonyl (C=O) groups is 1. The monoisotopic (exact) mass is 249 g/mol. The van der Waals surface area contributed by atoms with Crippen molar-refractivity contribution in [3.8, 4) is 0 Å². The number of halogens is 1. The van der Waals surface area contributed by atoms with E-state index in [0.717, 1.165) is 32.3 Å². The first-order valence-corrected chi connectivity index (χ1v) is 5.62. The predicted molar refractivity (Wildman–Crippen MR) is 62.6 cm³/mol. The molecule has 0 aromatic carbocycles. The molecule has 1 saturated heterocycles. The minimum absolute atomic E-state index is 0. The van der Waals surface area contributed by atoms with Crippen molar-refractivity contribution in [3.05, 3.63) is 0 Å². The van der Waals surface area contributed by atoms with Gasteiger partial charge in [0.1, 0.15) is 5.54 Å². The summed E-state index contributed by atoms with van der Waals surface area (Å²) in [4.78, 5) is 11.5. The van der Waals surface area contributed by atoms with Gasteiger partial charge in [0.15, 0.2) is 0 Å². The summed E-state index contributed by atoms with van der Waals surface area (Å²) in [6.07, 6.45) is 5.39. The second-order valence-electron chi connectivity index (χ2n) is 4.78. The zero-order valence-corrected chi connectivity index (χ0v) is 10.5. The highest BCUT2D eigenvalue weighted by Gasteiger charge is 2.47. The molecule has 0 aromatic heterocycles. The van der Waals surface area contributed by atoms with Crippen molar-refractivity contribution in [1.29, 1.82) is 0 Å². The van der Waals surface area contributed by atoms with Gasteiger partial charge in [-0.25, -0.2) is 0 Å². The highest BCUT2D eigenvalue weighted by atomic mass is 35.5. The average Bonchev–Trinajstić information content (AvgIpc) is 2.71. The summed E-state index contributed by atoms with van der Waals surface area (Å²) in [5.41, 5.74) is 5.29. The van der Waals surface area contributed by atoms with Crippen LogP contribution in [0.25, 0.3) is 0 Å². The van der Waals surface area contributed by atoms with E-state index in [4.69, 9.17) is 15.2 Å². The van der Waals surface area contributed by atoms with Crippen LogP contribution in [0.4, 0.5) is 0 Å². The van der Waals surface area contributed by atoms with Gasteiger partial charge in [0.05, 0.1) is 12.7 Å². The topological polar surface area (TPSA) is 61.5 Å². The molecule has 5 heteroatoms. The Bertz CT molecular complexity index is 254. The molecule has 0 unspecified atom stereocenters. The zero-order chi connectivity index (χ0) is 10.9. The lowest BCUT2D eigenvalue weighted by Crippen LogP contribution is -2.54. The summed E-state index contributed by atoms with van der Waals surface area (Å²) in [7, 11) is 1.40. The van der Waals surface area contributed by atoms with Crippen LogP contribution in [0.3, 0.4) is 0 Å². The van der Waals surface area contributed by atoms with Crippen LogP contribution in [0, 0.1) is 0 Å². The van der Waals surface area contributed by atoms with E-state index in [1.165, 1.54) is 7.11 Å². The molecule has 0 amide bonds. The molecular weight excluding hydrogens is 230 g/mol. The molecule has 2 N–H and O–H groups in total. The third-order valence-corrected chi connectivity index (χ3v) is 3.83. The second-order valence-corrected chi connectivity index (χ2v) is 4.78. The smallest absolute Gasteiger partial charge is 0.325 e. The molecule has 0 bridgehead atoms. The van der Waals surface area contributed by atoms with Crippen LogP contribution in [0.15, 0.2) is 0 Å². The molecule has 0 radical (unpaired) electrons. The summed E-state index contributed by atoms with van der Waals surface area (Å²) in [6.45, 7) is 0.857. The predicted octanol–water partition coefficient (Wildman–Crippen LogP) is 1.40. The summed E-state index contributed by atoms with van der Waals surface area (Å²) in [6, 6.07) is 0. The average molecular weight is 250 g/mol. The Kier molecular flexibility index (Phi) is 4.21. The molecule has 1 spiro atoms. The molecule has 1 saturated carbocycles. The van der Waals surface area contributed by atoms with Crippen molar-refractivity contribution in [1.82, 2.24) is 0 Å². The SMILES string of the molecule is COC(=O)C1(N)CCC2(CCCO2)CC1.Cl. The van der Waals surface area contributed by atoms with Crippen LogP contribution < -0.4 is 5.73 Å². The van der Waals surface area contributed by atoms with E-state index in [0.29, 0.717) is 12.8 Å². The largest absolute Gasteiger partial charge is 0.468 e. The fourth-order valence-electron chi connectivity index (χ4n) is 2.71. The van der Waals surface area contributed by atoms with Gasteiger partial charge in [0.2, 0.25) is 0 Å². The molecule has 1 heterocycles. The molecule has 2 aliphatic rings. The van der Waals surface area contributed by atoms with Gasteiger partial charge in [-0.1, -0.05) is 0 Å². The molecule has 16 heavy (non-hydrogen) atoms. The molecule has 94 valence electrons. The van der Waals surface area contributed by atoms with Crippen LogP contribution in [0.2, 0.25) is 0 Å². The van der Waals surface area contributed by atoms with Crippen molar-refractivity contribution in [2.45, 2.75) is 49.7 Å². The number of ether oxygens (including phenoxy) is 2. The van der Waals surface area contributed by atoms with Gasteiger partial charge in [0, 0.05) is 6.61 Å². The Labute approximate surface area is 102 Å². The van der Waals surface area contributed by atoms with Gasteiger partial charge >= 0.3 is 5.97 Å². The molecule has 4 nitrogen and oxygen atoms in total. The zero-order valence-electron chi connectivity index (χ0n) is 9.66. The lowest BCUT2D eigenvalue weighted by molar-refractivity contribution is -0.151. The summed E-state index contributed by atoms with van der Waals surface area (Å²) in [5, 5.41) is 0. The second kappa shape index (κ2) is 4.90. The summed E-state index contributed by atoms with van der Waals surface area (Å²) < 4.78 is 10.5. The normalized spacial score (nSPS) is 38.1. The van der Waals surface area contributed by atoms with Crippen LogP contribution in [0.5, 0.6) is 0 Å². The minimum Gasteiger partial charge on any atom is -0.468 e. The molecule has 1 aliphatic carbocycles. The van der Waals surface area contributed by atoms with Crippen LogP contribution in [0.1, 0.15) is 38.5 Å². The number of hydrogen-bond acceptors (Lipinski definition) is 4. The first-order chi connectivity index (χ1) is 7.10. The van der Waals surface area contributed by atoms with Gasteiger partial charge in [-0.2, -0.15) is 0 Å². The number of methoxy groups -OCH3 is 1. The number of nitrogens with two attached hydrogens (primary N) is 1. The Balaban J connectivity index is 0.00000128. The van der Waals surface area contributed by atoms with Gasteiger partial charge in [0.25, 0.3) is 0 Å². The lowest BCUT2D eigenvalue weighted by atomic mass is 9.73. The van der Waals surface area contributed by atoms with E-state index in [2.05, 4.69) is 0 Å². The van der Waals surface area contributed by atoms with Gasteiger partial charge < -0.3 is 15.2 Å². The summed E-state index contributed by atoms with van der Waals surface area (Å²) >= 11 is 0. The van der Waals surface area contributed by atoms with Crippen LogP contribution >= 0.6 is 12.4 Å². The van der Waals surface area contributed by atoms with E-state index < -0.39 is 5.54 Å². The van der Waals surface area contributed by atoms with E-state index in [1.54, 1.807) is 0 Å². The van der Waals surface area contributed by atoms with Crippen molar-refractivity contribution in [2.24, 2.45) is 5.73 Å². The third-order valence-electron chi connectivity index (χ3n) is 3.83. The van der Waals surface area contributed by atoms with Crippen molar-refractivity contribution in [2.75, 3.05) is 13.7 Å². The maximum atomic E-state index is 11.5.